The van der Waals surface area contributed by atoms with Crippen molar-refractivity contribution in [1.82, 2.24) is 15.5 Å². The van der Waals surface area contributed by atoms with E-state index >= 15 is 0 Å². The average Bonchev–Trinajstić information content (AvgIpc) is 3.18. The van der Waals surface area contributed by atoms with Crippen molar-refractivity contribution >= 4 is 0 Å². The maximum atomic E-state index is 13.3. The summed E-state index contributed by atoms with van der Waals surface area (Å²) in [5.41, 5.74) is 1.90. The Morgan fingerprint density at radius 1 is 1.50 bits per heavy atom. The lowest BCUT2D eigenvalue weighted by Gasteiger charge is -2.18. The van der Waals surface area contributed by atoms with E-state index in [1.165, 1.54) is 12.1 Å². The zero-order valence-electron chi connectivity index (χ0n) is 12.5. The van der Waals surface area contributed by atoms with Crippen molar-refractivity contribution in [1.29, 1.82) is 0 Å². The van der Waals surface area contributed by atoms with Gasteiger partial charge in [0.1, 0.15) is 11.6 Å². The van der Waals surface area contributed by atoms with E-state index in [1.54, 1.807) is 19.4 Å². The summed E-state index contributed by atoms with van der Waals surface area (Å²) in [7, 11) is 1.59. The summed E-state index contributed by atoms with van der Waals surface area (Å²) in [6.07, 6.45) is 4.75. The summed E-state index contributed by atoms with van der Waals surface area (Å²) in [5.74, 6) is 0.832. The maximum absolute atomic E-state index is 13.3. The number of H-pyrrole nitrogens is 1. The number of rotatable bonds is 6. The van der Waals surface area contributed by atoms with Gasteiger partial charge in [0.25, 0.3) is 0 Å². The normalized spacial score (nSPS) is 21.2. The van der Waals surface area contributed by atoms with Crippen LogP contribution in [0.25, 0.3) is 0 Å². The van der Waals surface area contributed by atoms with Gasteiger partial charge in [-0.05, 0) is 24.6 Å². The maximum Gasteiger partial charge on any atom is 0.123 e. The van der Waals surface area contributed by atoms with Crippen LogP contribution in [-0.2, 0) is 11.3 Å². The first kappa shape index (κ1) is 15.0. The molecule has 0 amide bonds. The Balaban J connectivity index is 1.58. The van der Waals surface area contributed by atoms with Gasteiger partial charge in [-0.1, -0.05) is 0 Å². The molecule has 22 heavy (non-hydrogen) atoms. The number of hydrogen-bond donors (Lipinski definition) is 2. The predicted molar refractivity (Wildman–Crippen MR) is 80.0 cm³/mol. The molecule has 0 bridgehead atoms. The zero-order chi connectivity index (χ0) is 15.4. The molecule has 0 radical (unpaired) electrons. The number of nitrogens with zero attached hydrogens (tertiary/aromatic N) is 1. The average molecular weight is 305 g/mol. The van der Waals surface area contributed by atoms with E-state index in [1.807, 2.05) is 6.20 Å². The minimum atomic E-state index is -0.252. The van der Waals surface area contributed by atoms with Gasteiger partial charge in [0, 0.05) is 42.9 Å². The predicted octanol–water partition coefficient (Wildman–Crippen LogP) is 2.42. The molecule has 1 saturated heterocycles. The van der Waals surface area contributed by atoms with Crippen molar-refractivity contribution in [3.05, 3.63) is 47.5 Å². The second-order valence-corrected chi connectivity index (χ2v) is 5.46. The number of aromatic amines is 1. The van der Waals surface area contributed by atoms with Gasteiger partial charge in [0.15, 0.2) is 0 Å². The molecule has 1 aliphatic rings. The Labute approximate surface area is 128 Å². The highest BCUT2D eigenvalue weighted by Gasteiger charge is 2.29. The molecule has 118 valence electrons. The van der Waals surface area contributed by atoms with E-state index in [4.69, 9.17) is 9.47 Å². The second-order valence-electron chi connectivity index (χ2n) is 5.46. The smallest absolute Gasteiger partial charge is 0.123 e. The SMILES string of the molecule is COc1ccc(F)cc1CNC[C@H]1CCO[C@@H]1c1cn[nH]c1. The number of benzene rings is 1. The van der Waals surface area contributed by atoms with Crippen LogP contribution in [-0.4, -0.2) is 30.5 Å². The van der Waals surface area contributed by atoms with Crippen LogP contribution in [0, 0.1) is 11.7 Å². The molecule has 1 aliphatic heterocycles. The van der Waals surface area contributed by atoms with Crippen molar-refractivity contribution in [2.24, 2.45) is 5.92 Å². The standard InChI is InChI=1S/C16H20FN3O2/c1-21-15-3-2-14(17)6-12(15)8-18-7-11-4-5-22-16(11)13-9-19-20-10-13/h2-3,6,9-11,16,18H,4-5,7-8H2,1H3,(H,19,20)/t11-,16+/m1/s1. The summed E-state index contributed by atoms with van der Waals surface area (Å²) >= 11 is 0. The molecule has 5 nitrogen and oxygen atoms in total. The first-order valence-electron chi connectivity index (χ1n) is 7.41. The van der Waals surface area contributed by atoms with Gasteiger partial charge in [0.05, 0.1) is 19.4 Å². The minimum absolute atomic E-state index is 0.0701. The van der Waals surface area contributed by atoms with Crippen LogP contribution < -0.4 is 10.1 Å². The van der Waals surface area contributed by atoms with Crippen molar-refractivity contribution < 1.29 is 13.9 Å². The summed E-state index contributed by atoms with van der Waals surface area (Å²) in [5, 5.41) is 10.2. The van der Waals surface area contributed by atoms with Crippen LogP contribution in [0.5, 0.6) is 5.75 Å². The number of hydrogen-bond acceptors (Lipinski definition) is 4. The van der Waals surface area contributed by atoms with Gasteiger partial charge in [-0.15, -0.1) is 0 Å². The molecule has 1 fully saturated rings. The third-order valence-corrected chi connectivity index (χ3v) is 4.03. The van der Waals surface area contributed by atoms with Gasteiger partial charge in [0.2, 0.25) is 0 Å². The minimum Gasteiger partial charge on any atom is -0.496 e. The van der Waals surface area contributed by atoms with E-state index in [-0.39, 0.29) is 11.9 Å². The van der Waals surface area contributed by atoms with E-state index in [9.17, 15) is 4.39 Å². The monoisotopic (exact) mass is 305 g/mol. The van der Waals surface area contributed by atoms with Crippen molar-refractivity contribution in [3.8, 4) is 5.75 Å². The number of ether oxygens (including phenoxy) is 2. The van der Waals surface area contributed by atoms with E-state index in [2.05, 4.69) is 15.5 Å². The van der Waals surface area contributed by atoms with Crippen LogP contribution in [0.2, 0.25) is 0 Å². The molecule has 2 aromatic rings. The zero-order valence-corrected chi connectivity index (χ0v) is 12.5. The lowest BCUT2D eigenvalue weighted by molar-refractivity contribution is 0.0904. The number of aromatic nitrogens is 2. The van der Waals surface area contributed by atoms with E-state index in [0.717, 1.165) is 30.7 Å². The third kappa shape index (κ3) is 3.28. The topological polar surface area (TPSA) is 59.2 Å². The first-order chi connectivity index (χ1) is 10.8. The fraction of sp³-hybridized carbons (Fsp3) is 0.438. The molecule has 2 atom stereocenters. The molecule has 0 saturated carbocycles. The largest absolute Gasteiger partial charge is 0.496 e. The van der Waals surface area contributed by atoms with Gasteiger partial charge in [-0.2, -0.15) is 5.10 Å². The van der Waals surface area contributed by atoms with Crippen LogP contribution in [0.3, 0.4) is 0 Å². The van der Waals surface area contributed by atoms with Gasteiger partial charge >= 0.3 is 0 Å². The number of halogens is 1. The van der Waals surface area contributed by atoms with Crippen molar-refractivity contribution in [3.63, 3.8) is 0 Å². The van der Waals surface area contributed by atoms with Crippen LogP contribution in [0.1, 0.15) is 23.7 Å². The summed E-state index contributed by atoms with van der Waals surface area (Å²) < 4.78 is 24.4. The van der Waals surface area contributed by atoms with Crippen LogP contribution in [0.4, 0.5) is 4.39 Å². The molecular weight excluding hydrogens is 285 g/mol. The Hall–Kier alpha value is -1.92. The Bertz CT molecular complexity index is 603. The van der Waals surface area contributed by atoms with Crippen molar-refractivity contribution in [2.75, 3.05) is 20.3 Å². The molecule has 2 N–H and O–H groups in total. The Morgan fingerprint density at radius 3 is 3.18 bits per heavy atom. The lowest BCUT2D eigenvalue weighted by Crippen LogP contribution is -2.24. The molecule has 6 heteroatoms. The number of methoxy groups -OCH3 is 1. The molecule has 0 spiro atoms. The molecule has 1 aromatic carbocycles. The molecular formula is C16H20FN3O2. The first-order valence-corrected chi connectivity index (χ1v) is 7.41. The second kappa shape index (κ2) is 6.89. The summed E-state index contributed by atoms with van der Waals surface area (Å²) in [6.45, 7) is 2.12. The van der Waals surface area contributed by atoms with Gasteiger partial charge in [-0.3, -0.25) is 5.10 Å². The highest BCUT2D eigenvalue weighted by atomic mass is 19.1. The van der Waals surface area contributed by atoms with E-state index in [0.29, 0.717) is 18.2 Å². The van der Waals surface area contributed by atoms with Crippen LogP contribution in [0.15, 0.2) is 30.6 Å². The lowest BCUT2D eigenvalue weighted by atomic mass is 9.97. The Morgan fingerprint density at radius 2 is 2.41 bits per heavy atom. The fourth-order valence-electron chi connectivity index (χ4n) is 2.91. The molecule has 1 aromatic heterocycles. The van der Waals surface area contributed by atoms with E-state index < -0.39 is 0 Å². The molecule has 0 aliphatic carbocycles. The highest BCUT2D eigenvalue weighted by Crippen LogP contribution is 2.33. The third-order valence-electron chi connectivity index (χ3n) is 4.03. The number of nitrogens with one attached hydrogen (secondary N) is 2. The summed E-state index contributed by atoms with van der Waals surface area (Å²) in [4.78, 5) is 0. The molecule has 0 unspecified atom stereocenters. The highest BCUT2D eigenvalue weighted by molar-refractivity contribution is 5.33. The van der Waals surface area contributed by atoms with Crippen LogP contribution >= 0.6 is 0 Å². The summed E-state index contributed by atoms with van der Waals surface area (Å²) in [6, 6.07) is 4.56. The molecule has 3 rings (SSSR count). The van der Waals surface area contributed by atoms with Crippen molar-refractivity contribution in [2.45, 2.75) is 19.1 Å². The fourth-order valence-corrected chi connectivity index (χ4v) is 2.91. The molecule has 2 heterocycles. The quantitative estimate of drug-likeness (QED) is 0.860. The van der Waals surface area contributed by atoms with Gasteiger partial charge < -0.3 is 14.8 Å². The Kier molecular flexibility index (Phi) is 4.70. The van der Waals surface area contributed by atoms with Gasteiger partial charge in [-0.25, -0.2) is 4.39 Å².